The topological polar surface area (TPSA) is 51.2 Å². The Morgan fingerprint density at radius 2 is 2.18 bits per heavy atom. The van der Waals surface area contributed by atoms with E-state index in [9.17, 15) is 4.79 Å². The molecular weight excluding hydrogens is 216 g/mol. The smallest absolute Gasteiger partial charge is 0.339 e. The second kappa shape index (κ2) is 7.65. The number of hydrogen-bond donors (Lipinski definition) is 1. The van der Waals surface area contributed by atoms with Gasteiger partial charge in [-0.2, -0.15) is 0 Å². The van der Waals surface area contributed by atoms with E-state index in [-0.39, 0.29) is 5.97 Å². The first-order valence-corrected chi connectivity index (χ1v) is 6.09. The van der Waals surface area contributed by atoms with E-state index in [0.29, 0.717) is 12.2 Å². The van der Waals surface area contributed by atoms with Gasteiger partial charge in [-0.15, -0.1) is 0 Å². The van der Waals surface area contributed by atoms with Crippen LogP contribution in [0.25, 0.3) is 0 Å². The number of rotatable bonds is 7. The number of pyridine rings is 1. The largest absolute Gasteiger partial charge is 0.462 e. The molecule has 0 aliphatic carbocycles. The highest BCUT2D eigenvalue weighted by Gasteiger charge is 2.06. The van der Waals surface area contributed by atoms with Crippen molar-refractivity contribution >= 4 is 11.8 Å². The third-order valence-corrected chi connectivity index (χ3v) is 2.49. The average Bonchev–Trinajstić information content (AvgIpc) is 2.38. The molecule has 0 aliphatic heterocycles. The molecule has 94 valence electrons. The molecule has 1 heterocycles. The van der Waals surface area contributed by atoms with Crippen LogP contribution in [0.15, 0.2) is 18.3 Å². The Labute approximate surface area is 102 Å². The van der Waals surface area contributed by atoms with Gasteiger partial charge in [-0.3, -0.25) is 0 Å². The lowest BCUT2D eigenvalue weighted by molar-refractivity contribution is 0.0497. The predicted molar refractivity (Wildman–Crippen MR) is 68.2 cm³/mol. The summed E-state index contributed by atoms with van der Waals surface area (Å²) in [5, 5.41) is 2.90. The van der Waals surface area contributed by atoms with Crippen LogP contribution in [0.1, 0.15) is 43.0 Å². The first-order valence-electron chi connectivity index (χ1n) is 6.09. The Balaban J connectivity index is 2.31. The molecule has 0 bridgehead atoms. The minimum Gasteiger partial charge on any atom is -0.462 e. The zero-order valence-corrected chi connectivity index (χ0v) is 10.5. The van der Waals surface area contributed by atoms with E-state index in [1.54, 1.807) is 19.2 Å². The number of anilines is 1. The van der Waals surface area contributed by atoms with Gasteiger partial charge in [-0.1, -0.05) is 26.2 Å². The van der Waals surface area contributed by atoms with Crippen molar-refractivity contribution in [1.29, 1.82) is 0 Å². The fraction of sp³-hybridized carbons (Fsp3) is 0.538. The minimum absolute atomic E-state index is 0.295. The highest BCUT2D eigenvalue weighted by atomic mass is 16.5. The number of hydrogen-bond acceptors (Lipinski definition) is 4. The van der Waals surface area contributed by atoms with Gasteiger partial charge < -0.3 is 10.1 Å². The maximum absolute atomic E-state index is 11.6. The quantitative estimate of drug-likeness (QED) is 0.584. The van der Waals surface area contributed by atoms with Crippen LogP contribution >= 0.6 is 0 Å². The standard InChI is InChI=1S/C13H20N2O2/c1-3-4-5-6-9-17-13(16)11-7-8-12(14-2)15-10-11/h7-8,10H,3-6,9H2,1-2H3,(H,14,15). The van der Waals surface area contributed by atoms with Crippen molar-refractivity contribution in [2.75, 3.05) is 19.0 Å². The molecule has 1 N–H and O–H groups in total. The average molecular weight is 236 g/mol. The molecule has 0 aromatic carbocycles. The molecule has 0 saturated carbocycles. The molecule has 0 spiro atoms. The van der Waals surface area contributed by atoms with Crippen LogP contribution in [0.3, 0.4) is 0 Å². The lowest BCUT2D eigenvalue weighted by Gasteiger charge is -2.05. The van der Waals surface area contributed by atoms with Crippen LogP contribution in [-0.2, 0) is 4.74 Å². The summed E-state index contributed by atoms with van der Waals surface area (Å²) in [7, 11) is 1.79. The molecule has 4 heteroatoms. The predicted octanol–water partition coefficient (Wildman–Crippen LogP) is 2.86. The molecular formula is C13H20N2O2. The van der Waals surface area contributed by atoms with E-state index < -0.39 is 0 Å². The van der Waals surface area contributed by atoms with Crippen molar-refractivity contribution in [3.63, 3.8) is 0 Å². The molecule has 17 heavy (non-hydrogen) atoms. The Hall–Kier alpha value is -1.58. The van der Waals surface area contributed by atoms with Crippen molar-refractivity contribution in [3.05, 3.63) is 23.9 Å². The molecule has 0 saturated heterocycles. The van der Waals surface area contributed by atoms with Gasteiger partial charge in [-0.05, 0) is 18.6 Å². The van der Waals surface area contributed by atoms with Crippen LogP contribution < -0.4 is 5.32 Å². The lowest BCUT2D eigenvalue weighted by Crippen LogP contribution is -2.07. The number of esters is 1. The number of ether oxygens (including phenoxy) is 1. The molecule has 1 aromatic heterocycles. The van der Waals surface area contributed by atoms with Crippen LogP contribution in [-0.4, -0.2) is 24.6 Å². The van der Waals surface area contributed by atoms with Gasteiger partial charge in [0.15, 0.2) is 0 Å². The van der Waals surface area contributed by atoms with E-state index in [0.717, 1.165) is 18.7 Å². The third kappa shape index (κ3) is 4.85. The number of unbranched alkanes of at least 4 members (excludes halogenated alkanes) is 3. The van der Waals surface area contributed by atoms with E-state index >= 15 is 0 Å². The van der Waals surface area contributed by atoms with Crippen LogP contribution in [0.2, 0.25) is 0 Å². The van der Waals surface area contributed by atoms with E-state index in [2.05, 4.69) is 17.2 Å². The molecule has 0 amide bonds. The van der Waals surface area contributed by atoms with Gasteiger partial charge in [-0.25, -0.2) is 9.78 Å². The van der Waals surface area contributed by atoms with Gasteiger partial charge in [0.2, 0.25) is 0 Å². The Bertz CT molecular complexity index is 336. The number of carbonyl (C=O) groups is 1. The maximum Gasteiger partial charge on any atom is 0.339 e. The summed E-state index contributed by atoms with van der Waals surface area (Å²) in [5.41, 5.74) is 0.500. The SMILES string of the molecule is CCCCCCOC(=O)c1ccc(NC)nc1. The van der Waals surface area contributed by atoms with Crippen LogP contribution in [0.5, 0.6) is 0 Å². The monoisotopic (exact) mass is 236 g/mol. The van der Waals surface area contributed by atoms with Gasteiger partial charge in [0.25, 0.3) is 0 Å². The summed E-state index contributed by atoms with van der Waals surface area (Å²) in [6.45, 7) is 2.65. The molecule has 0 aliphatic rings. The van der Waals surface area contributed by atoms with Gasteiger partial charge in [0.05, 0.1) is 12.2 Å². The molecule has 1 aromatic rings. The van der Waals surface area contributed by atoms with Crippen LogP contribution in [0, 0.1) is 0 Å². The highest BCUT2D eigenvalue weighted by molar-refractivity contribution is 5.89. The summed E-state index contributed by atoms with van der Waals surface area (Å²) in [5.74, 6) is 0.446. The second-order valence-electron chi connectivity index (χ2n) is 3.88. The highest BCUT2D eigenvalue weighted by Crippen LogP contribution is 2.06. The minimum atomic E-state index is -0.295. The summed E-state index contributed by atoms with van der Waals surface area (Å²) in [6.07, 6.45) is 5.95. The van der Waals surface area contributed by atoms with Crippen LogP contribution in [0.4, 0.5) is 5.82 Å². The van der Waals surface area contributed by atoms with Gasteiger partial charge >= 0.3 is 5.97 Å². The first-order chi connectivity index (χ1) is 8.27. The normalized spacial score (nSPS) is 10.0. The summed E-state index contributed by atoms with van der Waals surface area (Å²) < 4.78 is 5.15. The van der Waals surface area contributed by atoms with Crippen molar-refractivity contribution in [2.45, 2.75) is 32.6 Å². The Morgan fingerprint density at radius 3 is 2.76 bits per heavy atom. The van der Waals surface area contributed by atoms with Gasteiger partial charge in [0, 0.05) is 13.2 Å². The van der Waals surface area contributed by atoms with E-state index in [1.807, 2.05) is 0 Å². The summed E-state index contributed by atoms with van der Waals surface area (Å²) in [4.78, 5) is 15.7. The summed E-state index contributed by atoms with van der Waals surface area (Å²) >= 11 is 0. The molecule has 4 nitrogen and oxygen atoms in total. The fourth-order valence-electron chi connectivity index (χ4n) is 1.44. The number of nitrogens with one attached hydrogen (secondary N) is 1. The fourth-order valence-corrected chi connectivity index (χ4v) is 1.44. The number of aromatic nitrogens is 1. The second-order valence-corrected chi connectivity index (χ2v) is 3.88. The number of nitrogens with zero attached hydrogens (tertiary/aromatic N) is 1. The molecule has 0 radical (unpaired) electrons. The molecule has 0 fully saturated rings. The zero-order chi connectivity index (χ0) is 12.5. The zero-order valence-electron chi connectivity index (χ0n) is 10.5. The number of carbonyl (C=O) groups excluding carboxylic acids is 1. The van der Waals surface area contributed by atoms with Crippen molar-refractivity contribution in [3.8, 4) is 0 Å². The van der Waals surface area contributed by atoms with E-state index in [4.69, 9.17) is 4.74 Å². The molecule has 0 atom stereocenters. The lowest BCUT2D eigenvalue weighted by atomic mass is 10.2. The maximum atomic E-state index is 11.6. The van der Waals surface area contributed by atoms with Gasteiger partial charge in [0.1, 0.15) is 5.82 Å². The van der Waals surface area contributed by atoms with E-state index in [1.165, 1.54) is 19.0 Å². The van der Waals surface area contributed by atoms with Crippen molar-refractivity contribution in [2.24, 2.45) is 0 Å². The molecule has 0 unspecified atom stereocenters. The summed E-state index contributed by atoms with van der Waals surface area (Å²) in [6, 6.07) is 3.47. The Morgan fingerprint density at radius 1 is 1.35 bits per heavy atom. The third-order valence-electron chi connectivity index (χ3n) is 2.49. The van der Waals surface area contributed by atoms with Crippen molar-refractivity contribution < 1.29 is 9.53 Å². The first kappa shape index (κ1) is 13.5. The van der Waals surface area contributed by atoms with Crippen molar-refractivity contribution in [1.82, 2.24) is 4.98 Å². The Kier molecular flexibility index (Phi) is 6.07. The molecule has 1 rings (SSSR count).